The van der Waals surface area contributed by atoms with Crippen molar-refractivity contribution >= 4 is 5.91 Å². The van der Waals surface area contributed by atoms with Crippen molar-refractivity contribution in [3.05, 3.63) is 77.7 Å². The zero-order valence-corrected chi connectivity index (χ0v) is 18.2. The molecule has 0 aliphatic heterocycles. The van der Waals surface area contributed by atoms with Crippen LogP contribution in [-0.4, -0.2) is 22.7 Å². The molecule has 0 radical (unpaired) electrons. The summed E-state index contributed by atoms with van der Waals surface area (Å²) < 4.78 is 5.85. The highest BCUT2D eigenvalue weighted by atomic mass is 16.5. The Labute approximate surface area is 184 Å². The molecule has 0 aliphatic carbocycles. The smallest absolute Gasteiger partial charge is 0.250 e. The molecule has 0 atom stereocenters. The van der Waals surface area contributed by atoms with E-state index in [9.17, 15) is 4.79 Å². The summed E-state index contributed by atoms with van der Waals surface area (Å²) in [5, 5.41) is 7.94. The van der Waals surface area contributed by atoms with E-state index in [1.54, 1.807) is 6.07 Å². The minimum atomic E-state index is -0.210. The van der Waals surface area contributed by atoms with Crippen molar-refractivity contribution < 1.29 is 9.53 Å². The van der Waals surface area contributed by atoms with Gasteiger partial charge in [0.1, 0.15) is 11.1 Å². The number of nitrogens with zero attached hydrogens (tertiary/aromatic N) is 2. The number of nitrogens with one attached hydrogen (secondary N) is 1. The summed E-state index contributed by atoms with van der Waals surface area (Å²) in [4.78, 5) is 17.0. The van der Waals surface area contributed by atoms with Gasteiger partial charge < -0.3 is 4.74 Å². The maximum Gasteiger partial charge on any atom is 0.250 e. The lowest BCUT2D eigenvalue weighted by Gasteiger charge is -2.08. The number of benzene rings is 2. The molecule has 0 bridgehead atoms. The topological polar surface area (TPSA) is 67.3 Å². The third kappa shape index (κ3) is 7.52. The van der Waals surface area contributed by atoms with E-state index in [0.717, 1.165) is 24.0 Å². The Morgan fingerprint density at radius 2 is 1.61 bits per heavy atom. The molecule has 0 unspecified atom stereocenters. The Hall–Kier alpha value is -3.21. The summed E-state index contributed by atoms with van der Waals surface area (Å²) in [6.45, 7) is 2.84. The van der Waals surface area contributed by atoms with Gasteiger partial charge in [0.2, 0.25) is 5.88 Å². The van der Waals surface area contributed by atoms with Crippen molar-refractivity contribution in [2.45, 2.75) is 51.9 Å². The van der Waals surface area contributed by atoms with Crippen LogP contribution in [0.2, 0.25) is 0 Å². The highest BCUT2D eigenvalue weighted by Crippen LogP contribution is 2.14. The van der Waals surface area contributed by atoms with Crippen molar-refractivity contribution in [2.24, 2.45) is 4.99 Å². The molecule has 3 rings (SSSR count). The first-order chi connectivity index (χ1) is 15.3. The van der Waals surface area contributed by atoms with E-state index in [-0.39, 0.29) is 12.3 Å². The number of amides is 1. The minimum Gasteiger partial charge on any atom is -0.478 e. The third-order valence-corrected chi connectivity index (χ3v) is 5.03. The molecule has 3 aromatic rings. The lowest BCUT2D eigenvalue weighted by molar-refractivity contribution is -0.117. The van der Waals surface area contributed by atoms with Crippen LogP contribution in [0.3, 0.4) is 0 Å². The van der Waals surface area contributed by atoms with Gasteiger partial charge in [-0.05, 0) is 12.0 Å². The zero-order valence-electron chi connectivity index (χ0n) is 18.2. The van der Waals surface area contributed by atoms with Crippen LogP contribution in [0.1, 0.15) is 51.0 Å². The Morgan fingerprint density at radius 1 is 0.935 bits per heavy atom. The molecular weight excluding hydrogens is 386 g/mol. The van der Waals surface area contributed by atoms with Gasteiger partial charge in [0.15, 0.2) is 0 Å². The van der Waals surface area contributed by atoms with Gasteiger partial charge in [0.25, 0.3) is 5.91 Å². The summed E-state index contributed by atoms with van der Waals surface area (Å²) >= 11 is 0. The molecule has 0 fully saturated rings. The number of carbonyl (C=O) groups excluding carboxylic acids is 1. The lowest BCUT2D eigenvalue weighted by Crippen LogP contribution is -2.15. The van der Waals surface area contributed by atoms with Crippen LogP contribution in [0, 0.1) is 0 Å². The monoisotopic (exact) mass is 417 g/mol. The molecule has 0 saturated carbocycles. The average molecular weight is 418 g/mol. The Bertz CT molecular complexity index is 998. The first-order valence-electron chi connectivity index (χ1n) is 11.2. The zero-order chi connectivity index (χ0) is 21.7. The van der Waals surface area contributed by atoms with Crippen LogP contribution < -0.4 is 10.1 Å². The Morgan fingerprint density at radius 3 is 2.35 bits per heavy atom. The van der Waals surface area contributed by atoms with Crippen molar-refractivity contribution in [1.29, 1.82) is 0 Å². The second kappa shape index (κ2) is 12.5. The Balaban J connectivity index is 1.74. The molecule has 1 heterocycles. The predicted octanol–water partition coefficient (Wildman–Crippen LogP) is 5.49. The summed E-state index contributed by atoms with van der Waals surface area (Å²) in [6.07, 6.45) is 7.46. The first-order valence-corrected chi connectivity index (χ1v) is 11.2. The maximum absolute atomic E-state index is 12.6. The SMILES string of the molecule is CCCCCCCCOc1cc(=NC(=O)Cc2ccccc2)c(-c2ccccc2)n[nH]1. The van der Waals surface area contributed by atoms with Gasteiger partial charge in [-0.3, -0.25) is 4.79 Å². The number of unbranched alkanes of at least 4 members (excludes halogenated alkanes) is 5. The van der Waals surface area contributed by atoms with Crippen molar-refractivity contribution in [3.8, 4) is 17.1 Å². The molecule has 1 aromatic heterocycles. The quantitative estimate of drug-likeness (QED) is 0.420. The molecule has 5 heteroatoms. The van der Waals surface area contributed by atoms with Crippen molar-refractivity contribution in [2.75, 3.05) is 6.61 Å². The van der Waals surface area contributed by atoms with Crippen LogP contribution in [0.5, 0.6) is 5.88 Å². The van der Waals surface area contributed by atoms with E-state index in [4.69, 9.17) is 4.74 Å². The fraction of sp³-hybridized carbons (Fsp3) is 0.346. The van der Waals surface area contributed by atoms with E-state index >= 15 is 0 Å². The third-order valence-electron chi connectivity index (χ3n) is 5.03. The first kappa shape index (κ1) is 22.5. The number of aromatic amines is 1. The van der Waals surface area contributed by atoms with Gasteiger partial charge in [-0.2, -0.15) is 5.10 Å². The minimum absolute atomic E-state index is 0.210. The van der Waals surface area contributed by atoms with Crippen LogP contribution in [-0.2, 0) is 11.2 Å². The number of hydrogen-bond donors (Lipinski definition) is 1. The predicted molar refractivity (Wildman–Crippen MR) is 124 cm³/mol. The molecule has 31 heavy (non-hydrogen) atoms. The summed E-state index contributed by atoms with van der Waals surface area (Å²) in [5.41, 5.74) is 2.47. The van der Waals surface area contributed by atoms with Crippen molar-refractivity contribution in [3.63, 3.8) is 0 Å². The number of H-pyrrole nitrogens is 1. The number of rotatable bonds is 11. The molecule has 5 nitrogen and oxygen atoms in total. The molecule has 2 aromatic carbocycles. The molecule has 0 aliphatic rings. The maximum atomic E-state index is 12.6. The van der Waals surface area contributed by atoms with Gasteiger partial charge in [-0.15, -0.1) is 0 Å². The highest BCUT2D eigenvalue weighted by molar-refractivity contribution is 5.80. The summed E-state index contributed by atoms with van der Waals surface area (Å²) in [5.74, 6) is 0.317. The van der Waals surface area contributed by atoms with Gasteiger partial charge >= 0.3 is 0 Å². The average Bonchev–Trinajstić information content (AvgIpc) is 2.80. The van der Waals surface area contributed by atoms with Gasteiger partial charge in [0.05, 0.1) is 13.0 Å². The van der Waals surface area contributed by atoms with E-state index in [1.165, 1.54) is 25.7 Å². The standard InChI is InChI=1S/C26H31N3O2/c1-2-3-4-5-6-13-18-31-25-20-23(26(29-28-25)22-16-11-8-12-17-22)27-24(30)19-21-14-9-7-10-15-21/h7-12,14-17,20H,2-6,13,18-19H2,1H3,(H,27,28,30). The molecule has 1 N–H and O–H groups in total. The second-order valence-electron chi connectivity index (χ2n) is 7.62. The van der Waals surface area contributed by atoms with E-state index in [2.05, 4.69) is 22.1 Å². The molecule has 1 amide bonds. The second-order valence-corrected chi connectivity index (χ2v) is 7.62. The number of carbonyl (C=O) groups is 1. The normalized spacial score (nSPS) is 11.5. The van der Waals surface area contributed by atoms with Crippen LogP contribution in [0.15, 0.2) is 71.7 Å². The summed E-state index contributed by atoms with van der Waals surface area (Å²) in [7, 11) is 0. The molecule has 0 spiro atoms. The summed E-state index contributed by atoms with van der Waals surface area (Å²) in [6, 6.07) is 21.1. The molecule has 162 valence electrons. The van der Waals surface area contributed by atoms with E-state index < -0.39 is 0 Å². The van der Waals surface area contributed by atoms with E-state index in [0.29, 0.717) is 23.5 Å². The number of aromatic nitrogens is 2. The Kier molecular flexibility index (Phi) is 9.05. The van der Waals surface area contributed by atoms with Crippen LogP contribution >= 0.6 is 0 Å². The van der Waals surface area contributed by atoms with Crippen LogP contribution in [0.4, 0.5) is 0 Å². The fourth-order valence-corrected chi connectivity index (χ4v) is 3.37. The van der Waals surface area contributed by atoms with E-state index in [1.807, 2.05) is 60.7 Å². The molecular formula is C26H31N3O2. The number of ether oxygens (including phenoxy) is 1. The number of hydrogen-bond acceptors (Lipinski definition) is 3. The van der Waals surface area contributed by atoms with Gasteiger partial charge in [0, 0.05) is 11.6 Å². The van der Waals surface area contributed by atoms with Gasteiger partial charge in [-0.25, -0.2) is 10.1 Å². The molecule has 0 saturated heterocycles. The fourth-order valence-electron chi connectivity index (χ4n) is 3.37. The van der Waals surface area contributed by atoms with Crippen molar-refractivity contribution in [1.82, 2.24) is 10.2 Å². The lowest BCUT2D eigenvalue weighted by atomic mass is 10.1. The highest BCUT2D eigenvalue weighted by Gasteiger charge is 2.08. The van der Waals surface area contributed by atoms with Gasteiger partial charge in [-0.1, -0.05) is 99.7 Å². The largest absolute Gasteiger partial charge is 0.478 e. The van der Waals surface area contributed by atoms with Crippen LogP contribution in [0.25, 0.3) is 11.3 Å².